The molecule has 152 valence electrons. The Morgan fingerprint density at radius 2 is 2.03 bits per heavy atom. The zero-order chi connectivity index (χ0) is 20.2. The average molecular weight is 432 g/mol. The van der Waals surface area contributed by atoms with Crippen LogP contribution in [0.4, 0.5) is 5.95 Å². The van der Waals surface area contributed by atoms with Gasteiger partial charge in [0.1, 0.15) is 5.76 Å². The number of nitrogens with one attached hydrogen (secondary N) is 1. The van der Waals surface area contributed by atoms with Crippen molar-refractivity contribution in [3.05, 3.63) is 53.4 Å². The molecule has 0 radical (unpaired) electrons. The number of hydrogen-bond acceptors (Lipinski definition) is 6. The van der Waals surface area contributed by atoms with Crippen molar-refractivity contribution in [3.63, 3.8) is 0 Å². The minimum Gasteiger partial charge on any atom is -0.467 e. The highest BCUT2D eigenvalue weighted by Crippen LogP contribution is 2.31. The van der Waals surface area contributed by atoms with Crippen LogP contribution in [0.3, 0.4) is 0 Å². The lowest BCUT2D eigenvalue weighted by Crippen LogP contribution is -2.28. The fourth-order valence-electron chi connectivity index (χ4n) is 3.34. The van der Waals surface area contributed by atoms with Gasteiger partial charge in [0, 0.05) is 13.1 Å². The van der Waals surface area contributed by atoms with Crippen molar-refractivity contribution in [2.24, 2.45) is 0 Å². The van der Waals surface area contributed by atoms with Crippen molar-refractivity contribution in [2.75, 3.05) is 23.7 Å². The number of carbonyl (C=O) groups is 1. The van der Waals surface area contributed by atoms with E-state index in [0.29, 0.717) is 10.2 Å². The summed E-state index contributed by atoms with van der Waals surface area (Å²) < 4.78 is 7.29. The zero-order valence-electron chi connectivity index (χ0n) is 16.0. The van der Waals surface area contributed by atoms with Gasteiger partial charge >= 0.3 is 0 Å². The Kier molecular flexibility index (Phi) is 6.10. The zero-order valence-corrected chi connectivity index (χ0v) is 17.6. The third kappa shape index (κ3) is 4.43. The van der Waals surface area contributed by atoms with E-state index in [0.717, 1.165) is 43.3 Å². The summed E-state index contributed by atoms with van der Waals surface area (Å²) in [5, 5.41) is 13.0. The molecule has 1 atom stereocenters. The van der Waals surface area contributed by atoms with Crippen molar-refractivity contribution < 1.29 is 9.21 Å². The number of carbonyl (C=O) groups excluding carboxylic acids is 1. The predicted octanol–water partition coefficient (Wildman–Crippen LogP) is 4.08. The molecule has 0 aliphatic carbocycles. The van der Waals surface area contributed by atoms with Gasteiger partial charge in [-0.1, -0.05) is 35.5 Å². The van der Waals surface area contributed by atoms with E-state index in [1.165, 1.54) is 11.8 Å². The minimum absolute atomic E-state index is 0.102. The summed E-state index contributed by atoms with van der Waals surface area (Å²) in [6, 6.07) is 11.1. The lowest BCUT2D eigenvalue weighted by molar-refractivity contribution is -0.119. The van der Waals surface area contributed by atoms with E-state index in [-0.39, 0.29) is 17.7 Å². The molecule has 0 spiro atoms. The molecule has 29 heavy (non-hydrogen) atoms. The number of thioether (sulfide) groups is 1. The van der Waals surface area contributed by atoms with Crippen LogP contribution in [0.15, 0.2) is 52.2 Å². The number of anilines is 1. The standard InChI is InChI=1S/C20H22ClN5O2S/c1-14(17-9-6-12-28-17)22-18(27)13-29-20-24-23-19(25-10-4-5-11-25)26(20)16-8-3-2-7-15(16)21/h2-3,6-9,12,14H,4-5,10-11,13H2,1H3,(H,22,27). The summed E-state index contributed by atoms with van der Waals surface area (Å²) in [7, 11) is 0. The van der Waals surface area contributed by atoms with E-state index in [9.17, 15) is 4.79 Å². The van der Waals surface area contributed by atoms with Gasteiger partial charge in [0.25, 0.3) is 0 Å². The fourth-order valence-corrected chi connectivity index (χ4v) is 4.32. The molecule has 1 N–H and O–H groups in total. The maximum atomic E-state index is 12.4. The molecule has 4 rings (SSSR count). The molecule has 1 saturated heterocycles. The van der Waals surface area contributed by atoms with Crippen molar-refractivity contribution >= 4 is 35.2 Å². The maximum absolute atomic E-state index is 12.4. The van der Waals surface area contributed by atoms with E-state index < -0.39 is 0 Å². The van der Waals surface area contributed by atoms with Gasteiger partial charge < -0.3 is 14.6 Å². The van der Waals surface area contributed by atoms with E-state index in [1.54, 1.807) is 12.3 Å². The number of aromatic nitrogens is 3. The summed E-state index contributed by atoms with van der Waals surface area (Å²) >= 11 is 7.80. The van der Waals surface area contributed by atoms with Crippen LogP contribution in [-0.4, -0.2) is 39.5 Å². The van der Waals surface area contributed by atoms with Gasteiger partial charge in [-0.3, -0.25) is 9.36 Å². The van der Waals surface area contributed by atoms with Crippen LogP contribution in [0.5, 0.6) is 0 Å². The third-order valence-electron chi connectivity index (χ3n) is 4.78. The first-order chi connectivity index (χ1) is 14.1. The number of hydrogen-bond donors (Lipinski definition) is 1. The van der Waals surface area contributed by atoms with Crippen molar-refractivity contribution in [1.29, 1.82) is 0 Å². The minimum atomic E-state index is -0.195. The Labute approximate surface area is 178 Å². The molecule has 0 saturated carbocycles. The molecule has 7 nitrogen and oxygen atoms in total. The fraction of sp³-hybridized carbons (Fsp3) is 0.350. The normalized spacial score (nSPS) is 14.9. The molecule has 1 fully saturated rings. The first-order valence-corrected chi connectivity index (χ1v) is 10.9. The summed E-state index contributed by atoms with van der Waals surface area (Å²) in [4.78, 5) is 14.6. The molecule has 1 aliphatic heterocycles. The SMILES string of the molecule is CC(NC(=O)CSc1nnc(N2CCCC2)n1-c1ccccc1Cl)c1ccco1. The van der Waals surface area contributed by atoms with Gasteiger partial charge in [0.15, 0.2) is 5.16 Å². The summed E-state index contributed by atoms with van der Waals surface area (Å²) in [6.07, 6.45) is 3.86. The molecule has 1 unspecified atom stereocenters. The molecule has 9 heteroatoms. The smallest absolute Gasteiger partial charge is 0.232 e. The van der Waals surface area contributed by atoms with Gasteiger partial charge in [-0.25, -0.2) is 0 Å². The van der Waals surface area contributed by atoms with Gasteiger partial charge in [-0.2, -0.15) is 0 Å². The Bertz CT molecular complexity index is 969. The highest BCUT2D eigenvalue weighted by atomic mass is 35.5. The largest absolute Gasteiger partial charge is 0.467 e. The lowest BCUT2D eigenvalue weighted by atomic mass is 10.2. The van der Waals surface area contributed by atoms with Crippen LogP contribution in [0.1, 0.15) is 31.6 Å². The number of amides is 1. The highest BCUT2D eigenvalue weighted by molar-refractivity contribution is 7.99. The van der Waals surface area contributed by atoms with Gasteiger partial charge in [-0.15, -0.1) is 10.2 Å². The Balaban J connectivity index is 1.52. The summed E-state index contributed by atoms with van der Waals surface area (Å²) in [5.41, 5.74) is 0.813. The van der Waals surface area contributed by atoms with Crippen LogP contribution in [0.25, 0.3) is 5.69 Å². The van der Waals surface area contributed by atoms with E-state index in [2.05, 4.69) is 20.4 Å². The molecular weight excluding hydrogens is 410 g/mol. The van der Waals surface area contributed by atoms with E-state index in [4.69, 9.17) is 16.0 Å². The van der Waals surface area contributed by atoms with Crippen molar-refractivity contribution in [3.8, 4) is 5.69 Å². The maximum Gasteiger partial charge on any atom is 0.232 e. The molecule has 1 amide bonds. The second-order valence-corrected chi connectivity index (χ2v) is 8.21. The first-order valence-electron chi connectivity index (χ1n) is 9.54. The van der Waals surface area contributed by atoms with Crippen LogP contribution in [0.2, 0.25) is 5.02 Å². The van der Waals surface area contributed by atoms with Crippen LogP contribution < -0.4 is 10.2 Å². The molecule has 3 heterocycles. The predicted molar refractivity (Wildman–Crippen MR) is 114 cm³/mol. The topological polar surface area (TPSA) is 76.2 Å². The van der Waals surface area contributed by atoms with Crippen LogP contribution in [0, 0.1) is 0 Å². The number of benzene rings is 1. The highest BCUT2D eigenvalue weighted by Gasteiger charge is 2.24. The number of halogens is 1. The third-order valence-corrected chi connectivity index (χ3v) is 6.03. The van der Waals surface area contributed by atoms with Crippen molar-refractivity contribution in [2.45, 2.75) is 31.0 Å². The first kappa shape index (κ1) is 19.8. The number of furan rings is 1. The molecule has 1 aliphatic rings. The Morgan fingerprint density at radius 3 is 2.76 bits per heavy atom. The van der Waals surface area contributed by atoms with E-state index in [1.807, 2.05) is 41.8 Å². The second kappa shape index (κ2) is 8.92. The number of para-hydroxylation sites is 1. The Hall–Kier alpha value is -2.45. The number of rotatable bonds is 7. The molecule has 1 aromatic carbocycles. The van der Waals surface area contributed by atoms with Gasteiger partial charge in [0.05, 0.1) is 28.8 Å². The monoisotopic (exact) mass is 431 g/mol. The second-order valence-electron chi connectivity index (χ2n) is 6.86. The quantitative estimate of drug-likeness (QED) is 0.568. The van der Waals surface area contributed by atoms with Gasteiger partial charge in [-0.05, 0) is 44.0 Å². The molecule has 0 bridgehead atoms. The van der Waals surface area contributed by atoms with Crippen molar-refractivity contribution in [1.82, 2.24) is 20.1 Å². The number of nitrogens with zero attached hydrogens (tertiary/aromatic N) is 4. The Morgan fingerprint density at radius 1 is 1.24 bits per heavy atom. The van der Waals surface area contributed by atoms with Gasteiger partial charge in [0.2, 0.25) is 11.9 Å². The molecular formula is C20H22ClN5O2S. The summed E-state index contributed by atoms with van der Waals surface area (Å²) in [5.74, 6) is 1.60. The van der Waals surface area contributed by atoms with Crippen LogP contribution in [-0.2, 0) is 4.79 Å². The lowest BCUT2D eigenvalue weighted by Gasteiger charge is -2.19. The average Bonchev–Trinajstić information content (AvgIpc) is 3.48. The molecule has 3 aromatic rings. The van der Waals surface area contributed by atoms with Crippen LogP contribution >= 0.6 is 23.4 Å². The summed E-state index contributed by atoms with van der Waals surface area (Å²) in [6.45, 7) is 3.77. The molecule has 2 aromatic heterocycles. The van der Waals surface area contributed by atoms with E-state index >= 15 is 0 Å².